The lowest BCUT2D eigenvalue weighted by atomic mass is 10.0. The van der Waals surface area contributed by atoms with Gasteiger partial charge in [0.1, 0.15) is 17.3 Å². The van der Waals surface area contributed by atoms with Crippen LogP contribution < -0.4 is 4.74 Å². The fourth-order valence-electron chi connectivity index (χ4n) is 3.10. The van der Waals surface area contributed by atoms with E-state index in [1.807, 2.05) is 18.2 Å². The van der Waals surface area contributed by atoms with E-state index in [1.54, 1.807) is 24.5 Å². The topological polar surface area (TPSA) is 72.6 Å². The highest BCUT2D eigenvalue weighted by atomic mass is 32.1. The first-order chi connectivity index (χ1) is 14.0. The molecule has 0 amide bonds. The molecular weight excluding hydrogens is 393 g/mol. The van der Waals surface area contributed by atoms with E-state index in [0.717, 1.165) is 22.8 Å². The first kappa shape index (κ1) is 18.9. The Labute approximate surface area is 170 Å². The summed E-state index contributed by atoms with van der Waals surface area (Å²) in [5.74, 6) is -0.937. The lowest BCUT2D eigenvalue weighted by Gasteiger charge is -2.09. The summed E-state index contributed by atoms with van der Waals surface area (Å²) in [4.78, 5) is 11.0. The summed E-state index contributed by atoms with van der Waals surface area (Å²) in [6.45, 7) is 2.05. The predicted octanol–water partition coefficient (Wildman–Crippen LogP) is 5.89. The monoisotopic (exact) mass is 409 g/mol. The summed E-state index contributed by atoms with van der Waals surface area (Å²) in [7, 11) is 1.61. The molecule has 0 radical (unpaired) electrons. The number of thiophene rings is 1. The molecule has 0 saturated heterocycles. The minimum atomic E-state index is -1.32. The van der Waals surface area contributed by atoms with Gasteiger partial charge in [0.2, 0.25) is 0 Å². The quantitative estimate of drug-likeness (QED) is 0.445. The molecule has 4 aromatic rings. The minimum Gasteiger partial charge on any atom is -0.496 e. The average Bonchev–Trinajstić information content (AvgIpc) is 3.36. The number of methoxy groups -OCH3 is 1. The standard InChI is InChI=1S/C22H16FNO4S/c1-12-10-29-11-17(12)15-5-4-14(8-21(15)27-2)20-9-19(24-28-20)13-3-6-16(22(25)26)18(23)7-13/h3-11H,1-2H3,(H,25,26). The highest BCUT2D eigenvalue weighted by molar-refractivity contribution is 7.08. The van der Waals surface area contributed by atoms with Gasteiger partial charge >= 0.3 is 5.97 Å². The molecule has 0 saturated carbocycles. The van der Waals surface area contributed by atoms with Crippen molar-refractivity contribution < 1.29 is 23.6 Å². The Morgan fingerprint density at radius 1 is 1.10 bits per heavy atom. The maximum Gasteiger partial charge on any atom is 0.338 e. The molecule has 0 unspecified atom stereocenters. The van der Waals surface area contributed by atoms with Gasteiger partial charge in [-0.15, -0.1) is 0 Å². The van der Waals surface area contributed by atoms with Crippen LogP contribution >= 0.6 is 11.3 Å². The predicted molar refractivity (Wildman–Crippen MR) is 109 cm³/mol. The number of hydrogen-bond acceptors (Lipinski definition) is 5. The van der Waals surface area contributed by atoms with Crippen molar-refractivity contribution in [1.82, 2.24) is 5.16 Å². The van der Waals surface area contributed by atoms with Crippen LogP contribution in [0, 0.1) is 12.7 Å². The van der Waals surface area contributed by atoms with E-state index < -0.39 is 11.8 Å². The summed E-state index contributed by atoms with van der Waals surface area (Å²) in [6.07, 6.45) is 0. The van der Waals surface area contributed by atoms with Gasteiger partial charge in [0.15, 0.2) is 5.76 Å². The van der Waals surface area contributed by atoms with E-state index >= 15 is 0 Å². The van der Waals surface area contributed by atoms with Gasteiger partial charge in [0, 0.05) is 22.8 Å². The van der Waals surface area contributed by atoms with E-state index in [-0.39, 0.29) is 5.56 Å². The number of rotatable bonds is 5. The summed E-state index contributed by atoms with van der Waals surface area (Å²) in [5.41, 5.74) is 4.50. The number of halogens is 1. The Morgan fingerprint density at radius 2 is 1.90 bits per heavy atom. The molecular formula is C22H16FNO4S. The number of aromatic nitrogens is 1. The molecule has 0 aliphatic rings. The molecule has 2 heterocycles. The first-order valence-electron chi connectivity index (χ1n) is 8.69. The maximum absolute atomic E-state index is 14.0. The van der Waals surface area contributed by atoms with Crippen molar-refractivity contribution >= 4 is 17.3 Å². The van der Waals surface area contributed by atoms with Crippen LogP contribution in [0.1, 0.15) is 15.9 Å². The summed E-state index contributed by atoms with van der Waals surface area (Å²) < 4.78 is 25.0. The zero-order valence-corrected chi connectivity index (χ0v) is 16.4. The van der Waals surface area contributed by atoms with E-state index in [4.69, 9.17) is 14.4 Å². The van der Waals surface area contributed by atoms with Gasteiger partial charge in [-0.25, -0.2) is 9.18 Å². The van der Waals surface area contributed by atoms with Crippen LogP contribution in [-0.4, -0.2) is 23.3 Å². The number of ether oxygens (including phenoxy) is 1. The van der Waals surface area contributed by atoms with Crippen LogP contribution in [0.5, 0.6) is 5.75 Å². The smallest absolute Gasteiger partial charge is 0.338 e. The van der Waals surface area contributed by atoms with Gasteiger partial charge in [-0.3, -0.25) is 0 Å². The Kier molecular flexibility index (Phi) is 4.90. The number of aromatic carboxylic acids is 1. The van der Waals surface area contributed by atoms with E-state index in [0.29, 0.717) is 22.8 Å². The molecule has 0 bridgehead atoms. The number of benzene rings is 2. The largest absolute Gasteiger partial charge is 0.496 e. The maximum atomic E-state index is 14.0. The molecule has 1 N–H and O–H groups in total. The molecule has 0 fully saturated rings. The van der Waals surface area contributed by atoms with Crippen molar-refractivity contribution in [3.63, 3.8) is 0 Å². The third kappa shape index (κ3) is 3.52. The van der Waals surface area contributed by atoms with Crippen molar-refractivity contribution in [2.75, 3.05) is 7.11 Å². The van der Waals surface area contributed by atoms with E-state index in [2.05, 4.69) is 22.8 Å². The molecule has 5 nitrogen and oxygen atoms in total. The molecule has 0 aliphatic carbocycles. The van der Waals surface area contributed by atoms with Gasteiger partial charge in [-0.1, -0.05) is 17.3 Å². The minimum absolute atomic E-state index is 0.387. The van der Waals surface area contributed by atoms with Crippen LogP contribution in [0.3, 0.4) is 0 Å². The SMILES string of the molecule is COc1cc(-c2cc(-c3ccc(C(=O)O)c(F)c3)no2)ccc1-c1cscc1C. The molecule has 0 aliphatic heterocycles. The van der Waals surface area contributed by atoms with Crippen molar-refractivity contribution in [1.29, 1.82) is 0 Å². The molecule has 0 spiro atoms. The average molecular weight is 409 g/mol. The second-order valence-corrected chi connectivity index (χ2v) is 7.20. The molecule has 2 aromatic heterocycles. The van der Waals surface area contributed by atoms with Crippen molar-refractivity contribution in [3.05, 3.63) is 70.2 Å². The summed E-state index contributed by atoms with van der Waals surface area (Å²) in [5, 5.41) is 17.1. The number of carbonyl (C=O) groups is 1. The highest BCUT2D eigenvalue weighted by Gasteiger charge is 2.16. The molecule has 29 heavy (non-hydrogen) atoms. The van der Waals surface area contributed by atoms with Crippen LogP contribution in [0.25, 0.3) is 33.7 Å². The molecule has 2 aromatic carbocycles. The van der Waals surface area contributed by atoms with Crippen LogP contribution in [-0.2, 0) is 0 Å². The number of aryl methyl sites for hydroxylation is 1. The van der Waals surface area contributed by atoms with E-state index in [9.17, 15) is 9.18 Å². The van der Waals surface area contributed by atoms with E-state index in [1.165, 1.54) is 17.7 Å². The van der Waals surface area contributed by atoms with Crippen LogP contribution in [0.4, 0.5) is 4.39 Å². The second-order valence-electron chi connectivity index (χ2n) is 6.46. The van der Waals surface area contributed by atoms with Gasteiger partial charge in [-0.2, -0.15) is 11.3 Å². The Morgan fingerprint density at radius 3 is 2.55 bits per heavy atom. The third-order valence-corrected chi connectivity index (χ3v) is 5.50. The van der Waals surface area contributed by atoms with Gasteiger partial charge in [-0.05, 0) is 53.1 Å². The molecule has 146 valence electrons. The Hall–Kier alpha value is -3.45. The first-order valence-corrected chi connectivity index (χ1v) is 9.63. The number of nitrogens with zero attached hydrogens (tertiary/aromatic N) is 1. The lowest BCUT2D eigenvalue weighted by Crippen LogP contribution is -2.00. The van der Waals surface area contributed by atoms with Crippen LogP contribution in [0.2, 0.25) is 0 Å². The van der Waals surface area contributed by atoms with Crippen molar-refractivity contribution in [3.8, 4) is 39.5 Å². The zero-order valence-electron chi connectivity index (χ0n) is 15.6. The van der Waals surface area contributed by atoms with Crippen molar-refractivity contribution in [2.24, 2.45) is 0 Å². The second kappa shape index (κ2) is 7.52. The molecule has 4 rings (SSSR count). The summed E-state index contributed by atoms with van der Waals surface area (Å²) >= 11 is 1.63. The highest BCUT2D eigenvalue weighted by Crippen LogP contribution is 2.37. The van der Waals surface area contributed by atoms with Crippen molar-refractivity contribution in [2.45, 2.75) is 6.92 Å². The number of hydrogen-bond donors (Lipinski definition) is 1. The number of carboxylic acid groups (broad SMARTS) is 1. The Balaban J connectivity index is 1.69. The number of carboxylic acids is 1. The van der Waals surface area contributed by atoms with Gasteiger partial charge in [0.25, 0.3) is 0 Å². The molecule has 0 atom stereocenters. The molecule has 7 heteroatoms. The van der Waals surface area contributed by atoms with Crippen LogP contribution in [0.15, 0.2) is 57.7 Å². The normalized spacial score (nSPS) is 10.9. The lowest BCUT2D eigenvalue weighted by molar-refractivity contribution is 0.0692. The fourth-order valence-corrected chi connectivity index (χ4v) is 3.95. The Bertz CT molecular complexity index is 1210. The van der Waals surface area contributed by atoms with Gasteiger partial charge in [0.05, 0.1) is 12.7 Å². The summed E-state index contributed by atoms with van der Waals surface area (Å²) in [6, 6.07) is 11.3. The fraction of sp³-hybridized carbons (Fsp3) is 0.0909. The zero-order chi connectivity index (χ0) is 20.5. The van der Waals surface area contributed by atoms with Gasteiger partial charge < -0.3 is 14.4 Å². The third-order valence-electron chi connectivity index (χ3n) is 4.64.